The first-order valence-electron chi connectivity index (χ1n) is 5.67. The largest absolute Gasteiger partial charge is 0.495 e. The van der Waals surface area contributed by atoms with Crippen LogP contribution in [0.1, 0.15) is 17.4 Å². The van der Waals surface area contributed by atoms with Crippen molar-refractivity contribution >= 4 is 11.6 Å². The SMILES string of the molecule is COc1ccc(C(O)c2ncccc2OC)cc1Cl. The highest BCUT2D eigenvalue weighted by molar-refractivity contribution is 6.32. The quantitative estimate of drug-likeness (QED) is 0.935. The topological polar surface area (TPSA) is 51.6 Å². The van der Waals surface area contributed by atoms with E-state index in [0.717, 1.165) is 0 Å². The van der Waals surface area contributed by atoms with Crippen molar-refractivity contribution in [2.24, 2.45) is 0 Å². The summed E-state index contributed by atoms with van der Waals surface area (Å²) in [6.07, 6.45) is 0.700. The van der Waals surface area contributed by atoms with Crippen LogP contribution in [-0.2, 0) is 0 Å². The standard InChI is InChI=1S/C14H14ClNO3/c1-18-11-6-5-9(8-10(11)15)14(17)13-12(19-2)4-3-7-16-13/h3-8,14,17H,1-2H3. The zero-order valence-corrected chi connectivity index (χ0v) is 11.4. The molecule has 1 heterocycles. The number of ether oxygens (including phenoxy) is 2. The van der Waals surface area contributed by atoms with E-state index in [2.05, 4.69) is 4.98 Å². The normalized spacial score (nSPS) is 12.0. The third-order valence-corrected chi connectivity index (χ3v) is 3.07. The first-order valence-corrected chi connectivity index (χ1v) is 6.05. The van der Waals surface area contributed by atoms with Crippen molar-refractivity contribution in [2.45, 2.75) is 6.10 Å². The lowest BCUT2D eigenvalue weighted by Crippen LogP contribution is -2.05. The second kappa shape index (κ2) is 5.91. The van der Waals surface area contributed by atoms with Gasteiger partial charge in [-0.15, -0.1) is 0 Å². The molecule has 0 aliphatic heterocycles. The predicted octanol–water partition coefficient (Wildman–Crippen LogP) is 2.83. The molecule has 5 heteroatoms. The first-order chi connectivity index (χ1) is 9.17. The van der Waals surface area contributed by atoms with Gasteiger partial charge in [-0.2, -0.15) is 0 Å². The van der Waals surface area contributed by atoms with E-state index >= 15 is 0 Å². The summed E-state index contributed by atoms with van der Waals surface area (Å²) in [6, 6.07) is 8.59. The minimum Gasteiger partial charge on any atom is -0.495 e. The lowest BCUT2D eigenvalue weighted by molar-refractivity contribution is 0.209. The average Bonchev–Trinajstić information content (AvgIpc) is 2.46. The molecule has 1 N–H and O–H groups in total. The first kappa shape index (κ1) is 13.6. The molecule has 2 rings (SSSR count). The summed E-state index contributed by atoms with van der Waals surface area (Å²) in [5, 5.41) is 10.8. The molecule has 1 unspecified atom stereocenters. The maximum Gasteiger partial charge on any atom is 0.143 e. The van der Waals surface area contributed by atoms with Gasteiger partial charge in [0.15, 0.2) is 0 Å². The number of aliphatic hydroxyl groups is 1. The van der Waals surface area contributed by atoms with E-state index in [-0.39, 0.29) is 0 Å². The van der Waals surface area contributed by atoms with E-state index in [9.17, 15) is 5.11 Å². The lowest BCUT2D eigenvalue weighted by atomic mass is 10.1. The van der Waals surface area contributed by atoms with Gasteiger partial charge in [-0.1, -0.05) is 17.7 Å². The minimum atomic E-state index is -0.903. The van der Waals surface area contributed by atoms with Crippen LogP contribution in [-0.4, -0.2) is 24.3 Å². The molecule has 0 radical (unpaired) electrons. The Morgan fingerprint density at radius 2 is 1.89 bits per heavy atom. The van der Waals surface area contributed by atoms with E-state index < -0.39 is 6.10 Å². The van der Waals surface area contributed by atoms with Crippen LogP contribution in [0, 0.1) is 0 Å². The fraction of sp³-hybridized carbons (Fsp3) is 0.214. The molecule has 0 saturated carbocycles. The average molecular weight is 280 g/mol. The summed E-state index contributed by atoms with van der Waals surface area (Å²) >= 11 is 6.05. The Morgan fingerprint density at radius 3 is 2.53 bits per heavy atom. The van der Waals surface area contributed by atoms with E-state index in [1.807, 2.05) is 0 Å². The summed E-state index contributed by atoms with van der Waals surface area (Å²) < 4.78 is 10.3. The summed E-state index contributed by atoms with van der Waals surface area (Å²) in [7, 11) is 3.08. The molecule has 0 saturated heterocycles. The van der Waals surface area contributed by atoms with E-state index in [1.54, 1.807) is 43.6 Å². The maximum absolute atomic E-state index is 10.3. The third-order valence-electron chi connectivity index (χ3n) is 2.77. The molecule has 19 heavy (non-hydrogen) atoms. The van der Waals surface area contributed by atoms with Crippen molar-refractivity contribution in [1.29, 1.82) is 0 Å². The van der Waals surface area contributed by atoms with Crippen LogP contribution < -0.4 is 9.47 Å². The molecule has 0 bridgehead atoms. The second-order valence-corrected chi connectivity index (χ2v) is 4.29. The Labute approximate surface area is 116 Å². The number of hydrogen-bond acceptors (Lipinski definition) is 4. The number of benzene rings is 1. The number of aromatic nitrogens is 1. The fourth-order valence-corrected chi connectivity index (χ4v) is 2.06. The number of aliphatic hydroxyl groups excluding tert-OH is 1. The van der Waals surface area contributed by atoms with E-state index in [4.69, 9.17) is 21.1 Å². The Hall–Kier alpha value is -1.78. The van der Waals surface area contributed by atoms with E-state index in [1.165, 1.54) is 7.11 Å². The molecular weight excluding hydrogens is 266 g/mol. The van der Waals surface area contributed by atoms with Gasteiger partial charge in [-0.25, -0.2) is 0 Å². The second-order valence-electron chi connectivity index (χ2n) is 3.89. The smallest absolute Gasteiger partial charge is 0.143 e. The molecule has 1 aromatic heterocycles. The van der Waals surface area contributed by atoms with Crippen LogP contribution in [0.5, 0.6) is 11.5 Å². The Morgan fingerprint density at radius 1 is 1.16 bits per heavy atom. The highest BCUT2D eigenvalue weighted by Crippen LogP contribution is 2.32. The van der Waals surface area contributed by atoms with Crippen molar-refractivity contribution in [3.8, 4) is 11.5 Å². The predicted molar refractivity (Wildman–Crippen MR) is 72.9 cm³/mol. The molecule has 2 aromatic rings. The van der Waals surface area contributed by atoms with Crippen LogP contribution in [0.3, 0.4) is 0 Å². The maximum atomic E-state index is 10.3. The number of methoxy groups -OCH3 is 2. The summed E-state index contributed by atoms with van der Waals surface area (Å²) in [6.45, 7) is 0. The van der Waals surface area contributed by atoms with Crippen LogP contribution in [0.2, 0.25) is 5.02 Å². The molecule has 0 spiro atoms. The lowest BCUT2D eigenvalue weighted by Gasteiger charge is -2.14. The van der Waals surface area contributed by atoms with Crippen molar-refractivity contribution < 1.29 is 14.6 Å². The van der Waals surface area contributed by atoms with Gasteiger partial charge in [0.05, 0.1) is 19.2 Å². The van der Waals surface area contributed by atoms with Gasteiger partial charge in [0, 0.05) is 6.20 Å². The Bertz CT molecular complexity index is 574. The third kappa shape index (κ3) is 2.80. The van der Waals surface area contributed by atoms with Gasteiger partial charge in [0.2, 0.25) is 0 Å². The minimum absolute atomic E-state index is 0.439. The highest BCUT2D eigenvalue weighted by atomic mass is 35.5. The molecule has 100 valence electrons. The van der Waals surface area contributed by atoms with E-state index in [0.29, 0.717) is 27.8 Å². The number of hydrogen-bond donors (Lipinski definition) is 1. The van der Waals surface area contributed by atoms with Crippen LogP contribution in [0.15, 0.2) is 36.5 Å². The van der Waals surface area contributed by atoms with Crippen molar-refractivity contribution in [1.82, 2.24) is 4.98 Å². The molecule has 4 nitrogen and oxygen atoms in total. The van der Waals surface area contributed by atoms with Gasteiger partial charge >= 0.3 is 0 Å². The van der Waals surface area contributed by atoms with Gasteiger partial charge in [0.25, 0.3) is 0 Å². The molecule has 0 aliphatic rings. The number of nitrogens with zero attached hydrogens (tertiary/aromatic N) is 1. The number of pyridine rings is 1. The van der Waals surface area contributed by atoms with Crippen molar-refractivity contribution in [3.63, 3.8) is 0 Å². The monoisotopic (exact) mass is 279 g/mol. The zero-order chi connectivity index (χ0) is 13.8. The number of rotatable bonds is 4. The van der Waals surface area contributed by atoms with Gasteiger partial charge in [-0.3, -0.25) is 4.98 Å². The highest BCUT2D eigenvalue weighted by Gasteiger charge is 2.17. The molecule has 1 aromatic carbocycles. The molecule has 0 aliphatic carbocycles. The van der Waals surface area contributed by atoms with Crippen molar-refractivity contribution in [3.05, 3.63) is 52.8 Å². The van der Waals surface area contributed by atoms with Crippen LogP contribution in [0.25, 0.3) is 0 Å². The number of halogens is 1. The van der Waals surface area contributed by atoms with Gasteiger partial charge in [-0.05, 0) is 29.8 Å². The van der Waals surface area contributed by atoms with Gasteiger partial charge in [0.1, 0.15) is 23.3 Å². The summed E-state index contributed by atoms with van der Waals surface area (Å²) in [5.74, 6) is 1.09. The summed E-state index contributed by atoms with van der Waals surface area (Å²) in [5.41, 5.74) is 1.08. The molecule has 0 fully saturated rings. The van der Waals surface area contributed by atoms with Gasteiger partial charge < -0.3 is 14.6 Å². The fourth-order valence-electron chi connectivity index (χ4n) is 1.79. The molecular formula is C14H14ClNO3. The summed E-state index contributed by atoms with van der Waals surface area (Å²) in [4.78, 5) is 4.15. The zero-order valence-electron chi connectivity index (χ0n) is 10.6. The molecule has 0 amide bonds. The van der Waals surface area contributed by atoms with Crippen LogP contribution >= 0.6 is 11.6 Å². The van der Waals surface area contributed by atoms with Crippen molar-refractivity contribution in [2.75, 3.05) is 14.2 Å². The van der Waals surface area contributed by atoms with Crippen LogP contribution in [0.4, 0.5) is 0 Å². The molecule has 1 atom stereocenters. The Kier molecular flexibility index (Phi) is 4.24. The Balaban J connectivity index is 2.38.